The molecule has 1 aliphatic heterocycles. The van der Waals surface area contributed by atoms with Gasteiger partial charge in [0.05, 0.1) is 18.7 Å². The van der Waals surface area contributed by atoms with E-state index in [4.69, 9.17) is 15.2 Å². The molecule has 0 saturated heterocycles. The number of fused-ring (bicyclic) bond motifs is 2. The molecule has 2 aromatic carbocycles. The summed E-state index contributed by atoms with van der Waals surface area (Å²) >= 11 is 0. The number of hydrogen-bond acceptors (Lipinski definition) is 5. The number of para-hydroxylation sites is 1. The van der Waals surface area contributed by atoms with Gasteiger partial charge in [0.15, 0.2) is 6.79 Å². The Morgan fingerprint density at radius 3 is 3.10 bits per heavy atom. The van der Waals surface area contributed by atoms with Crippen molar-refractivity contribution in [3.8, 4) is 5.75 Å². The molecule has 6 nitrogen and oxygen atoms in total. The average Bonchev–Trinajstić information content (AvgIpc) is 2.90. The van der Waals surface area contributed by atoms with Gasteiger partial charge in [-0.05, 0) is 24.3 Å². The van der Waals surface area contributed by atoms with Gasteiger partial charge in [-0.1, -0.05) is 17.3 Å². The number of rotatable bonds is 2. The zero-order valence-corrected chi connectivity index (χ0v) is 11.3. The minimum absolute atomic E-state index is 0.266. The molecule has 0 atom stereocenters. The summed E-state index contributed by atoms with van der Waals surface area (Å²) in [6.45, 7) is 1.35. The molecule has 3 aromatic rings. The van der Waals surface area contributed by atoms with Gasteiger partial charge in [-0.2, -0.15) is 0 Å². The molecule has 4 rings (SSSR count). The number of nitrogens with zero attached hydrogens (tertiary/aromatic N) is 3. The molecular formula is C15H14N4O2. The zero-order chi connectivity index (χ0) is 14.2. The predicted molar refractivity (Wildman–Crippen MR) is 77.8 cm³/mol. The first-order chi connectivity index (χ1) is 10.3. The molecule has 0 fully saturated rings. The third-order valence-electron chi connectivity index (χ3n) is 3.55. The van der Waals surface area contributed by atoms with Crippen LogP contribution in [0, 0.1) is 0 Å². The van der Waals surface area contributed by atoms with Gasteiger partial charge in [0.1, 0.15) is 11.3 Å². The van der Waals surface area contributed by atoms with Gasteiger partial charge in [-0.15, -0.1) is 5.10 Å². The molecule has 2 heterocycles. The summed E-state index contributed by atoms with van der Waals surface area (Å²) in [5.74, 6) is 0.843. The molecule has 0 aliphatic carbocycles. The first kappa shape index (κ1) is 12.2. The van der Waals surface area contributed by atoms with Gasteiger partial charge in [0.25, 0.3) is 0 Å². The van der Waals surface area contributed by atoms with Crippen LogP contribution < -0.4 is 10.5 Å². The summed E-state index contributed by atoms with van der Waals surface area (Å²) in [6.07, 6.45) is 0. The molecule has 0 amide bonds. The Kier molecular flexibility index (Phi) is 2.75. The highest BCUT2D eigenvalue weighted by atomic mass is 16.7. The third kappa shape index (κ3) is 2.09. The number of benzene rings is 2. The van der Waals surface area contributed by atoms with Crippen molar-refractivity contribution in [3.63, 3.8) is 0 Å². The number of aromatic nitrogens is 3. The van der Waals surface area contributed by atoms with E-state index >= 15 is 0 Å². The maximum atomic E-state index is 5.97. The Labute approximate surface area is 121 Å². The molecule has 0 saturated carbocycles. The van der Waals surface area contributed by atoms with Crippen LogP contribution in [-0.2, 0) is 17.9 Å². The summed E-state index contributed by atoms with van der Waals surface area (Å²) < 4.78 is 12.8. The molecule has 0 spiro atoms. The Bertz CT molecular complexity index is 813. The fourth-order valence-electron chi connectivity index (χ4n) is 2.64. The fourth-order valence-corrected chi connectivity index (χ4v) is 2.64. The summed E-state index contributed by atoms with van der Waals surface area (Å²) in [6, 6.07) is 11.7. The van der Waals surface area contributed by atoms with E-state index in [1.807, 2.05) is 41.1 Å². The maximum Gasteiger partial charge on any atom is 0.189 e. The van der Waals surface area contributed by atoms with E-state index in [2.05, 4.69) is 10.3 Å². The van der Waals surface area contributed by atoms with Crippen LogP contribution >= 0.6 is 0 Å². The van der Waals surface area contributed by atoms with Crippen molar-refractivity contribution in [3.05, 3.63) is 47.5 Å². The van der Waals surface area contributed by atoms with E-state index in [9.17, 15) is 0 Å². The van der Waals surface area contributed by atoms with Crippen LogP contribution in [0.1, 0.15) is 11.1 Å². The number of anilines is 1. The Balaban J connectivity index is 1.79. The van der Waals surface area contributed by atoms with Crippen molar-refractivity contribution < 1.29 is 9.47 Å². The minimum Gasteiger partial charge on any atom is -0.467 e. The molecule has 106 valence electrons. The largest absolute Gasteiger partial charge is 0.467 e. The van der Waals surface area contributed by atoms with Crippen LogP contribution in [0.3, 0.4) is 0 Å². The van der Waals surface area contributed by atoms with Crippen LogP contribution in [0.25, 0.3) is 11.0 Å². The Hall–Kier alpha value is -2.60. The number of nitrogens with two attached hydrogens (primary N) is 1. The number of ether oxygens (including phenoxy) is 2. The van der Waals surface area contributed by atoms with Gasteiger partial charge in [0.2, 0.25) is 0 Å². The van der Waals surface area contributed by atoms with Gasteiger partial charge in [-0.3, -0.25) is 0 Å². The van der Waals surface area contributed by atoms with E-state index in [1.165, 1.54) is 0 Å². The standard InChI is InChI=1S/C15H14N4O2/c16-12-5-10(15-11(6-12)8-20-9-21-15)7-19-14-4-2-1-3-13(14)17-18-19/h1-6H,7-9,16H2. The second-order valence-corrected chi connectivity index (χ2v) is 5.01. The smallest absolute Gasteiger partial charge is 0.189 e. The van der Waals surface area contributed by atoms with Crippen LogP contribution in [0.5, 0.6) is 5.75 Å². The minimum atomic E-state index is 0.266. The normalized spacial score (nSPS) is 13.9. The molecular weight excluding hydrogens is 268 g/mol. The van der Waals surface area contributed by atoms with E-state index in [0.717, 1.165) is 27.9 Å². The van der Waals surface area contributed by atoms with Crippen molar-refractivity contribution in [2.45, 2.75) is 13.2 Å². The van der Waals surface area contributed by atoms with E-state index in [0.29, 0.717) is 18.8 Å². The predicted octanol–water partition coefficient (Wildman–Crippen LogP) is 1.93. The fraction of sp³-hybridized carbons (Fsp3) is 0.200. The summed E-state index contributed by atoms with van der Waals surface area (Å²) in [5, 5.41) is 8.37. The SMILES string of the molecule is Nc1cc2c(c(Cn3nnc4ccccc43)c1)OCOC2. The van der Waals surface area contributed by atoms with Crippen LogP contribution in [0.2, 0.25) is 0 Å². The third-order valence-corrected chi connectivity index (χ3v) is 3.55. The monoisotopic (exact) mass is 282 g/mol. The van der Waals surface area contributed by atoms with Gasteiger partial charge < -0.3 is 15.2 Å². The Morgan fingerprint density at radius 2 is 2.14 bits per heavy atom. The average molecular weight is 282 g/mol. The quantitative estimate of drug-likeness (QED) is 0.727. The summed E-state index contributed by atoms with van der Waals surface area (Å²) in [7, 11) is 0. The van der Waals surface area contributed by atoms with Crippen LogP contribution in [-0.4, -0.2) is 21.8 Å². The highest BCUT2D eigenvalue weighted by Crippen LogP contribution is 2.31. The number of nitrogen functional groups attached to an aromatic ring is 1. The van der Waals surface area contributed by atoms with E-state index in [1.54, 1.807) is 0 Å². The topological polar surface area (TPSA) is 75.2 Å². The molecule has 0 bridgehead atoms. The highest BCUT2D eigenvalue weighted by Gasteiger charge is 2.17. The van der Waals surface area contributed by atoms with Gasteiger partial charge >= 0.3 is 0 Å². The van der Waals surface area contributed by atoms with E-state index in [-0.39, 0.29) is 6.79 Å². The molecule has 21 heavy (non-hydrogen) atoms. The molecule has 1 aliphatic rings. The maximum absolute atomic E-state index is 5.97. The van der Waals surface area contributed by atoms with E-state index < -0.39 is 0 Å². The van der Waals surface area contributed by atoms with Crippen molar-refractivity contribution in [1.82, 2.24) is 15.0 Å². The first-order valence-electron chi connectivity index (χ1n) is 6.71. The molecule has 6 heteroatoms. The Morgan fingerprint density at radius 1 is 1.24 bits per heavy atom. The summed E-state index contributed by atoms with van der Waals surface area (Å²) in [5.41, 5.74) is 10.5. The lowest BCUT2D eigenvalue weighted by atomic mass is 10.1. The number of hydrogen-bond donors (Lipinski definition) is 1. The lowest BCUT2D eigenvalue weighted by molar-refractivity contribution is -0.0170. The van der Waals surface area contributed by atoms with Crippen molar-refractivity contribution in [2.75, 3.05) is 12.5 Å². The second-order valence-electron chi connectivity index (χ2n) is 5.01. The van der Waals surface area contributed by atoms with Gasteiger partial charge in [0, 0.05) is 16.8 Å². The van der Waals surface area contributed by atoms with Crippen LogP contribution in [0.4, 0.5) is 5.69 Å². The van der Waals surface area contributed by atoms with Crippen molar-refractivity contribution >= 4 is 16.7 Å². The highest BCUT2D eigenvalue weighted by molar-refractivity contribution is 5.74. The molecule has 2 N–H and O–H groups in total. The molecule has 0 radical (unpaired) electrons. The molecule has 1 aromatic heterocycles. The van der Waals surface area contributed by atoms with Crippen LogP contribution in [0.15, 0.2) is 36.4 Å². The lowest BCUT2D eigenvalue weighted by Crippen LogP contribution is -2.15. The zero-order valence-electron chi connectivity index (χ0n) is 11.3. The van der Waals surface area contributed by atoms with Gasteiger partial charge in [-0.25, -0.2) is 4.68 Å². The second kappa shape index (κ2) is 4.75. The van der Waals surface area contributed by atoms with Crippen molar-refractivity contribution in [2.24, 2.45) is 0 Å². The van der Waals surface area contributed by atoms with Crippen molar-refractivity contribution in [1.29, 1.82) is 0 Å². The first-order valence-corrected chi connectivity index (χ1v) is 6.71. The lowest BCUT2D eigenvalue weighted by Gasteiger charge is -2.21. The summed E-state index contributed by atoms with van der Waals surface area (Å²) in [4.78, 5) is 0. The molecule has 0 unspecified atom stereocenters.